The van der Waals surface area contributed by atoms with Crippen molar-refractivity contribution in [3.8, 4) is 0 Å². The molecule has 3 aliphatic rings. The molecule has 1 aliphatic carbocycles. The Kier molecular flexibility index (Phi) is 5.44. The smallest absolute Gasteiger partial charge is 0.117 e. The highest BCUT2D eigenvalue weighted by Crippen LogP contribution is 2.62. The maximum absolute atomic E-state index is 7.63. The molecule has 0 N–H and O–H groups in total. The Hall–Kier alpha value is -3.01. The van der Waals surface area contributed by atoms with Crippen LogP contribution in [0, 0.1) is 6.92 Å². The van der Waals surface area contributed by atoms with E-state index >= 15 is 0 Å². The van der Waals surface area contributed by atoms with Crippen molar-refractivity contribution in [3.05, 3.63) is 101 Å². The Bertz CT molecular complexity index is 1580. The summed E-state index contributed by atoms with van der Waals surface area (Å²) >= 11 is 7.63. The van der Waals surface area contributed by atoms with E-state index in [0.29, 0.717) is 0 Å². The van der Waals surface area contributed by atoms with Crippen LogP contribution in [0.2, 0.25) is 18.1 Å². The lowest BCUT2D eigenvalue weighted by molar-refractivity contribution is 0.195. The molecule has 7 rings (SSSR count). The van der Waals surface area contributed by atoms with Crippen LogP contribution in [0.1, 0.15) is 50.7 Å². The minimum Gasteiger partial charge on any atom is -0.333 e. The van der Waals surface area contributed by atoms with E-state index in [1.54, 1.807) is 0 Å². The summed E-state index contributed by atoms with van der Waals surface area (Å²) in [6.07, 6.45) is 4.90. The van der Waals surface area contributed by atoms with Crippen molar-refractivity contribution < 1.29 is 0 Å². The second-order valence-electron chi connectivity index (χ2n) is 12.8. The molecule has 1 fully saturated rings. The lowest BCUT2D eigenvalue weighted by Gasteiger charge is -2.50. The van der Waals surface area contributed by atoms with Gasteiger partial charge in [-0.15, -0.1) is 0 Å². The number of benzene rings is 4. The highest BCUT2D eigenvalue weighted by Gasteiger charge is 2.58. The molecular formula is C35H37ClN2Si. The van der Waals surface area contributed by atoms with Crippen LogP contribution in [0.5, 0.6) is 0 Å². The lowest BCUT2D eigenvalue weighted by Crippen LogP contribution is -2.58. The summed E-state index contributed by atoms with van der Waals surface area (Å²) in [6.45, 7) is 12.1. The molecule has 198 valence electrons. The van der Waals surface area contributed by atoms with Gasteiger partial charge in [0.1, 0.15) is 8.07 Å². The summed E-state index contributed by atoms with van der Waals surface area (Å²) in [5, 5.41) is 3.75. The van der Waals surface area contributed by atoms with Crippen LogP contribution in [-0.4, -0.2) is 13.6 Å². The zero-order valence-electron chi connectivity index (χ0n) is 23.7. The SMILES string of the molecule is Cc1cc(N2c3ccccc3[Si](C)(C)c3ccccc32)c(Cl)c(N2c3ccccc3C3(C)CCCCC23C)c1. The average molecular weight is 549 g/mol. The normalized spacial score (nSPS) is 24.6. The van der Waals surface area contributed by atoms with Crippen LogP contribution >= 0.6 is 11.6 Å². The first-order valence-electron chi connectivity index (χ1n) is 14.4. The first kappa shape index (κ1) is 25.0. The first-order chi connectivity index (χ1) is 18.7. The Morgan fingerprint density at radius 2 is 1.23 bits per heavy atom. The van der Waals surface area contributed by atoms with Crippen LogP contribution in [0.4, 0.5) is 28.4 Å². The maximum atomic E-state index is 7.63. The van der Waals surface area contributed by atoms with Crippen molar-refractivity contribution in [2.75, 3.05) is 9.80 Å². The first-order valence-corrected chi connectivity index (χ1v) is 17.8. The summed E-state index contributed by atoms with van der Waals surface area (Å²) < 4.78 is 0. The largest absolute Gasteiger partial charge is 0.333 e. The fourth-order valence-corrected chi connectivity index (χ4v) is 11.3. The lowest BCUT2D eigenvalue weighted by atomic mass is 9.61. The van der Waals surface area contributed by atoms with E-state index in [1.807, 2.05) is 0 Å². The Morgan fingerprint density at radius 3 is 1.90 bits per heavy atom. The molecule has 2 nitrogen and oxygen atoms in total. The fourth-order valence-electron chi connectivity index (χ4n) is 8.06. The number of hydrogen-bond acceptors (Lipinski definition) is 2. The summed E-state index contributed by atoms with van der Waals surface area (Å²) in [7, 11) is -1.86. The molecule has 2 atom stereocenters. The summed E-state index contributed by atoms with van der Waals surface area (Å²) in [6, 6.07) is 31.6. The Balaban J connectivity index is 1.49. The fraction of sp³-hybridized carbons (Fsp3) is 0.314. The average Bonchev–Trinajstić information content (AvgIpc) is 3.14. The molecule has 39 heavy (non-hydrogen) atoms. The monoisotopic (exact) mass is 548 g/mol. The van der Waals surface area contributed by atoms with Gasteiger partial charge in [0, 0.05) is 22.5 Å². The summed E-state index contributed by atoms with van der Waals surface area (Å²) in [5.41, 5.74) is 8.80. The van der Waals surface area contributed by atoms with E-state index in [4.69, 9.17) is 11.6 Å². The minimum atomic E-state index is -1.86. The van der Waals surface area contributed by atoms with Gasteiger partial charge in [0.15, 0.2) is 0 Å². The van der Waals surface area contributed by atoms with E-state index < -0.39 is 8.07 Å². The van der Waals surface area contributed by atoms with Crippen molar-refractivity contribution in [2.24, 2.45) is 0 Å². The Morgan fingerprint density at radius 1 is 0.692 bits per heavy atom. The molecule has 1 saturated carbocycles. The van der Waals surface area contributed by atoms with E-state index in [1.165, 1.54) is 57.8 Å². The van der Waals surface area contributed by atoms with Gasteiger partial charge < -0.3 is 9.80 Å². The number of fused-ring (bicyclic) bond motifs is 5. The second kappa shape index (κ2) is 8.49. The third-order valence-electron chi connectivity index (χ3n) is 10.3. The minimum absolute atomic E-state index is 0.0315. The molecule has 0 bridgehead atoms. The zero-order valence-corrected chi connectivity index (χ0v) is 25.4. The Labute approximate surface area is 239 Å². The number of rotatable bonds is 2. The van der Waals surface area contributed by atoms with Crippen molar-refractivity contribution in [1.29, 1.82) is 0 Å². The zero-order chi connectivity index (χ0) is 27.2. The van der Waals surface area contributed by atoms with Gasteiger partial charge in [-0.2, -0.15) is 0 Å². The van der Waals surface area contributed by atoms with Gasteiger partial charge in [-0.25, -0.2) is 0 Å². The van der Waals surface area contributed by atoms with Gasteiger partial charge in [0.05, 0.1) is 21.9 Å². The van der Waals surface area contributed by atoms with Crippen LogP contribution in [0.15, 0.2) is 84.9 Å². The predicted molar refractivity (Wildman–Crippen MR) is 170 cm³/mol. The summed E-state index contributed by atoms with van der Waals surface area (Å²) in [5.74, 6) is 0. The van der Waals surface area contributed by atoms with Gasteiger partial charge in [-0.05, 0) is 78.5 Å². The molecule has 0 spiro atoms. The van der Waals surface area contributed by atoms with E-state index in [-0.39, 0.29) is 11.0 Å². The van der Waals surface area contributed by atoms with Crippen molar-refractivity contribution in [3.63, 3.8) is 0 Å². The molecule has 4 aromatic rings. The number of para-hydroxylation sites is 3. The number of anilines is 5. The molecule has 4 aromatic carbocycles. The maximum Gasteiger partial charge on any atom is 0.117 e. The van der Waals surface area contributed by atoms with Gasteiger partial charge in [0.25, 0.3) is 0 Å². The number of nitrogens with zero attached hydrogens (tertiary/aromatic N) is 2. The van der Waals surface area contributed by atoms with Crippen LogP contribution < -0.4 is 20.2 Å². The highest BCUT2D eigenvalue weighted by atomic mass is 35.5. The van der Waals surface area contributed by atoms with Gasteiger partial charge in [0.2, 0.25) is 0 Å². The van der Waals surface area contributed by atoms with Gasteiger partial charge in [-0.3, -0.25) is 0 Å². The topological polar surface area (TPSA) is 6.48 Å². The molecule has 0 radical (unpaired) electrons. The van der Waals surface area contributed by atoms with Crippen LogP contribution in [0.3, 0.4) is 0 Å². The van der Waals surface area contributed by atoms with Crippen molar-refractivity contribution in [1.82, 2.24) is 0 Å². The van der Waals surface area contributed by atoms with Crippen LogP contribution in [-0.2, 0) is 5.41 Å². The third-order valence-corrected chi connectivity index (χ3v) is 14.2. The molecule has 0 saturated heterocycles. The number of hydrogen-bond donors (Lipinski definition) is 0. The number of aryl methyl sites for hydroxylation is 1. The van der Waals surface area contributed by atoms with Crippen molar-refractivity contribution in [2.45, 2.75) is 70.5 Å². The molecule has 0 aromatic heterocycles. The predicted octanol–water partition coefficient (Wildman–Crippen LogP) is 9.00. The van der Waals surface area contributed by atoms with E-state index in [9.17, 15) is 0 Å². The molecule has 0 amide bonds. The van der Waals surface area contributed by atoms with E-state index in [2.05, 4.69) is 129 Å². The molecule has 2 aliphatic heterocycles. The molecule has 2 heterocycles. The molecule has 2 unspecified atom stereocenters. The quantitative estimate of drug-likeness (QED) is 0.230. The second-order valence-corrected chi connectivity index (χ2v) is 17.5. The standard InChI is InChI=1S/C35H37ClN2Si/c1-24-22-29(37-27-16-8-10-18-31(27)39(4,5)32-19-11-9-17-28(32)37)33(36)30(23-24)38-26-15-7-6-14-25(26)34(2)20-12-13-21-35(34,38)3/h6-11,14-19,22-23H,12-13,20-21H2,1-5H3. The molecular weight excluding hydrogens is 512 g/mol. The van der Waals surface area contributed by atoms with Gasteiger partial charge >= 0.3 is 0 Å². The third kappa shape index (κ3) is 3.26. The van der Waals surface area contributed by atoms with Crippen molar-refractivity contribution >= 4 is 58.5 Å². The molecule has 4 heteroatoms. The number of halogens is 1. The van der Waals surface area contributed by atoms with E-state index in [0.717, 1.165) is 22.8 Å². The highest BCUT2D eigenvalue weighted by molar-refractivity contribution is 7.02. The van der Waals surface area contributed by atoms with Crippen LogP contribution in [0.25, 0.3) is 0 Å². The van der Waals surface area contributed by atoms with Gasteiger partial charge in [-0.1, -0.05) is 99.1 Å². The summed E-state index contributed by atoms with van der Waals surface area (Å²) in [4.78, 5) is 5.05.